The highest BCUT2D eigenvalue weighted by molar-refractivity contribution is 6.30. The van der Waals surface area contributed by atoms with Crippen molar-refractivity contribution in [1.82, 2.24) is 5.16 Å². The summed E-state index contributed by atoms with van der Waals surface area (Å²) in [6, 6.07) is 6.94. The van der Waals surface area contributed by atoms with Crippen molar-refractivity contribution in [2.75, 3.05) is 0 Å². The fourth-order valence-corrected chi connectivity index (χ4v) is 1.51. The van der Waals surface area contributed by atoms with Gasteiger partial charge in [-0.3, -0.25) is 4.79 Å². The lowest BCUT2D eigenvalue weighted by Gasteiger charge is -1.98. The second-order valence-electron chi connectivity index (χ2n) is 3.26. The van der Waals surface area contributed by atoms with E-state index in [0.717, 1.165) is 5.56 Å². The first kappa shape index (κ1) is 10.7. The number of hydrogen-bond donors (Lipinski definition) is 1. The zero-order chi connectivity index (χ0) is 11.5. The van der Waals surface area contributed by atoms with Crippen LogP contribution in [0.25, 0.3) is 11.3 Å². The van der Waals surface area contributed by atoms with Crippen molar-refractivity contribution in [3.63, 3.8) is 0 Å². The largest absolute Gasteiger partial charge is 0.481 e. The normalized spacial score (nSPS) is 10.3. The third-order valence-corrected chi connectivity index (χ3v) is 2.34. The molecule has 1 N–H and O–H groups in total. The molecule has 2 rings (SSSR count). The predicted octanol–water partition coefficient (Wildman–Crippen LogP) is 2.62. The Kier molecular flexibility index (Phi) is 2.92. The number of nitrogens with zero attached hydrogens (tertiary/aromatic N) is 1. The van der Waals surface area contributed by atoms with Crippen LogP contribution in [-0.4, -0.2) is 16.2 Å². The Labute approximate surface area is 96.4 Å². The van der Waals surface area contributed by atoms with E-state index < -0.39 is 5.97 Å². The molecule has 2 aromatic rings. The summed E-state index contributed by atoms with van der Waals surface area (Å²) in [4.78, 5) is 10.6. The molecule has 0 saturated carbocycles. The first-order valence-electron chi connectivity index (χ1n) is 4.58. The molecule has 0 fully saturated rings. The summed E-state index contributed by atoms with van der Waals surface area (Å²) in [7, 11) is 0. The van der Waals surface area contributed by atoms with Gasteiger partial charge in [0.1, 0.15) is 0 Å². The number of aromatic nitrogens is 1. The van der Waals surface area contributed by atoms with E-state index >= 15 is 0 Å². The Morgan fingerprint density at radius 1 is 1.38 bits per heavy atom. The van der Waals surface area contributed by atoms with Gasteiger partial charge < -0.3 is 9.63 Å². The molecule has 0 spiro atoms. The Hall–Kier alpha value is -1.81. The standard InChI is InChI=1S/C11H8ClNO3/c12-9-3-1-7(2-4-9)11-8(5-10(14)15)6-13-16-11/h1-4,6H,5H2,(H,14,15). The summed E-state index contributed by atoms with van der Waals surface area (Å²) in [5, 5.41) is 12.9. The van der Waals surface area contributed by atoms with Gasteiger partial charge in [0.2, 0.25) is 0 Å². The summed E-state index contributed by atoms with van der Waals surface area (Å²) in [5.74, 6) is -0.447. The molecule has 4 nitrogen and oxygen atoms in total. The minimum absolute atomic E-state index is 0.110. The average Bonchev–Trinajstić information content (AvgIpc) is 2.66. The molecule has 0 atom stereocenters. The molecule has 0 aliphatic carbocycles. The maximum absolute atomic E-state index is 10.6. The number of benzene rings is 1. The van der Waals surface area contributed by atoms with E-state index in [2.05, 4.69) is 5.16 Å². The van der Waals surface area contributed by atoms with Crippen molar-refractivity contribution in [3.8, 4) is 11.3 Å². The molecular weight excluding hydrogens is 230 g/mol. The van der Waals surface area contributed by atoms with Crippen LogP contribution in [0.2, 0.25) is 5.02 Å². The number of carboxylic acid groups (broad SMARTS) is 1. The van der Waals surface area contributed by atoms with Crippen LogP contribution in [0.1, 0.15) is 5.56 Å². The smallest absolute Gasteiger partial charge is 0.308 e. The van der Waals surface area contributed by atoms with Gasteiger partial charge >= 0.3 is 5.97 Å². The predicted molar refractivity (Wildman–Crippen MR) is 58.3 cm³/mol. The van der Waals surface area contributed by atoms with Crippen molar-refractivity contribution in [1.29, 1.82) is 0 Å². The second kappa shape index (κ2) is 4.37. The minimum atomic E-state index is -0.918. The minimum Gasteiger partial charge on any atom is -0.481 e. The lowest BCUT2D eigenvalue weighted by molar-refractivity contribution is -0.136. The summed E-state index contributed by atoms with van der Waals surface area (Å²) < 4.78 is 5.04. The Balaban J connectivity index is 2.36. The van der Waals surface area contributed by atoms with Gasteiger partial charge in [0.15, 0.2) is 5.76 Å². The highest BCUT2D eigenvalue weighted by atomic mass is 35.5. The Bertz CT molecular complexity index is 504. The quantitative estimate of drug-likeness (QED) is 0.891. The van der Waals surface area contributed by atoms with E-state index in [0.29, 0.717) is 16.3 Å². The fraction of sp³-hybridized carbons (Fsp3) is 0.0909. The van der Waals surface area contributed by atoms with E-state index in [1.54, 1.807) is 24.3 Å². The van der Waals surface area contributed by atoms with Gasteiger partial charge in [0, 0.05) is 16.1 Å². The number of carbonyl (C=O) groups is 1. The van der Waals surface area contributed by atoms with Gasteiger partial charge in [-0.25, -0.2) is 0 Å². The molecule has 1 aromatic heterocycles. The average molecular weight is 238 g/mol. The molecule has 82 valence electrons. The molecule has 1 aromatic carbocycles. The summed E-state index contributed by atoms with van der Waals surface area (Å²) >= 11 is 5.76. The Morgan fingerprint density at radius 2 is 2.06 bits per heavy atom. The maximum atomic E-state index is 10.6. The number of carboxylic acids is 1. The van der Waals surface area contributed by atoms with E-state index in [4.69, 9.17) is 21.2 Å². The lowest BCUT2D eigenvalue weighted by atomic mass is 10.1. The van der Waals surface area contributed by atoms with Gasteiger partial charge in [0.25, 0.3) is 0 Å². The van der Waals surface area contributed by atoms with Crippen molar-refractivity contribution >= 4 is 17.6 Å². The van der Waals surface area contributed by atoms with Crippen molar-refractivity contribution in [3.05, 3.63) is 41.0 Å². The molecule has 0 amide bonds. The second-order valence-corrected chi connectivity index (χ2v) is 3.69. The monoisotopic (exact) mass is 237 g/mol. The molecule has 0 bridgehead atoms. The number of hydrogen-bond acceptors (Lipinski definition) is 3. The van der Waals surface area contributed by atoms with E-state index in [-0.39, 0.29) is 6.42 Å². The molecule has 0 radical (unpaired) electrons. The van der Waals surface area contributed by atoms with Gasteiger partial charge in [-0.1, -0.05) is 16.8 Å². The number of aliphatic carboxylic acids is 1. The van der Waals surface area contributed by atoms with E-state index in [1.807, 2.05) is 0 Å². The lowest BCUT2D eigenvalue weighted by Crippen LogP contribution is -1.99. The number of rotatable bonds is 3. The van der Waals surface area contributed by atoms with Crippen LogP contribution in [0, 0.1) is 0 Å². The van der Waals surface area contributed by atoms with Gasteiger partial charge in [0.05, 0.1) is 12.6 Å². The first-order chi connectivity index (χ1) is 7.66. The van der Waals surface area contributed by atoms with Crippen LogP contribution >= 0.6 is 11.6 Å². The van der Waals surface area contributed by atoms with Crippen LogP contribution in [0.15, 0.2) is 35.0 Å². The fourth-order valence-electron chi connectivity index (χ4n) is 1.39. The summed E-state index contributed by atoms with van der Waals surface area (Å²) in [6.07, 6.45) is 1.31. The van der Waals surface area contributed by atoms with Gasteiger partial charge in [-0.2, -0.15) is 0 Å². The van der Waals surface area contributed by atoms with Crippen LogP contribution in [-0.2, 0) is 11.2 Å². The first-order valence-corrected chi connectivity index (χ1v) is 4.96. The SMILES string of the molecule is O=C(O)Cc1cnoc1-c1ccc(Cl)cc1. The van der Waals surface area contributed by atoms with Crippen molar-refractivity contribution in [2.45, 2.75) is 6.42 Å². The summed E-state index contributed by atoms with van der Waals surface area (Å²) in [6.45, 7) is 0. The van der Waals surface area contributed by atoms with Crippen LogP contribution < -0.4 is 0 Å². The molecule has 16 heavy (non-hydrogen) atoms. The highest BCUT2D eigenvalue weighted by Gasteiger charge is 2.13. The van der Waals surface area contributed by atoms with Crippen LogP contribution in [0.5, 0.6) is 0 Å². The molecule has 0 aliphatic rings. The molecule has 1 heterocycles. The van der Waals surface area contributed by atoms with Gasteiger partial charge in [-0.15, -0.1) is 0 Å². The molecule has 0 saturated heterocycles. The molecule has 5 heteroatoms. The zero-order valence-electron chi connectivity index (χ0n) is 8.18. The molecule has 0 aliphatic heterocycles. The van der Waals surface area contributed by atoms with Crippen LogP contribution in [0.3, 0.4) is 0 Å². The third-order valence-electron chi connectivity index (χ3n) is 2.09. The number of halogens is 1. The van der Waals surface area contributed by atoms with Crippen molar-refractivity contribution < 1.29 is 14.4 Å². The zero-order valence-corrected chi connectivity index (χ0v) is 8.94. The topological polar surface area (TPSA) is 63.3 Å². The van der Waals surface area contributed by atoms with Crippen molar-refractivity contribution in [2.24, 2.45) is 0 Å². The summed E-state index contributed by atoms with van der Waals surface area (Å²) in [5.41, 5.74) is 1.31. The molecule has 0 unspecified atom stereocenters. The third kappa shape index (κ3) is 2.23. The van der Waals surface area contributed by atoms with Crippen LogP contribution in [0.4, 0.5) is 0 Å². The Morgan fingerprint density at radius 3 is 2.69 bits per heavy atom. The maximum Gasteiger partial charge on any atom is 0.308 e. The van der Waals surface area contributed by atoms with E-state index in [1.165, 1.54) is 6.20 Å². The van der Waals surface area contributed by atoms with E-state index in [9.17, 15) is 4.79 Å². The highest BCUT2D eigenvalue weighted by Crippen LogP contribution is 2.25. The van der Waals surface area contributed by atoms with Gasteiger partial charge in [-0.05, 0) is 24.3 Å². The molecular formula is C11H8ClNO3.